The molecular weight excluding hydrogens is 280 g/mol. The number of aliphatic imine (C=N–C) groups is 1. The third-order valence-electron chi connectivity index (χ3n) is 4.09. The van der Waals surface area contributed by atoms with Crippen LogP contribution in [0, 0.1) is 0 Å². The minimum absolute atomic E-state index is 0.0543. The maximum Gasteiger partial charge on any atom is 0.304 e. The molecule has 1 N–H and O–H groups in total. The van der Waals surface area contributed by atoms with E-state index in [0.717, 1.165) is 22.1 Å². The van der Waals surface area contributed by atoms with E-state index >= 15 is 0 Å². The van der Waals surface area contributed by atoms with E-state index in [-0.39, 0.29) is 6.42 Å². The van der Waals surface area contributed by atoms with Crippen LogP contribution in [-0.4, -0.2) is 40.6 Å². The number of hydrogen-bond donors (Lipinski definition) is 1. The van der Waals surface area contributed by atoms with Gasteiger partial charge in [-0.3, -0.25) is 9.79 Å². The van der Waals surface area contributed by atoms with Gasteiger partial charge in [0, 0.05) is 6.54 Å². The number of carboxylic acid groups (broad SMARTS) is 1. The SMILES string of the molecule is O=C(O)CCN1CN=C2C=CC=C3N=c4ccccc4=NC321. The van der Waals surface area contributed by atoms with Crippen LogP contribution in [-0.2, 0) is 4.79 Å². The molecule has 6 nitrogen and oxygen atoms in total. The number of rotatable bonds is 3. The Bertz CT molecular complexity index is 868. The molecule has 1 aromatic rings. The van der Waals surface area contributed by atoms with Gasteiger partial charge in [0.1, 0.15) is 0 Å². The van der Waals surface area contributed by atoms with E-state index in [9.17, 15) is 4.79 Å². The fraction of sp³-hybridized carbons (Fsp3) is 0.250. The fourth-order valence-electron chi connectivity index (χ4n) is 3.07. The molecule has 6 heteroatoms. The lowest BCUT2D eigenvalue weighted by Gasteiger charge is -2.37. The van der Waals surface area contributed by atoms with Gasteiger partial charge in [0.2, 0.25) is 0 Å². The van der Waals surface area contributed by atoms with E-state index in [1.807, 2.05) is 47.4 Å². The maximum absolute atomic E-state index is 10.9. The monoisotopic (exact) mass is 294 g/mol. The molecule has 0 amide bonds. The van der Waals surface area contributed by atoms with E-state index < -0.39 is 11.6 Å². The van der Waals surface area contributed by atoms with Crippen LogP contribution in [0.1, 0.15) is 6.42 Å². The molecular formula is C16H14N4O2. The summed E-state index contributed by atoms with van der Waals surface area (Å²) in [6.07, 6.45) is 5.83. The number of benzene rings is 1. The van der Waals surface area contributed by atoms with Crippen LogP contribution in [0.5, 0.6) is 0 Å². The van der Waals surface area contributed by atoms with Crippen LogP contribution in [0.3, 0.4) is 0 Å². The lowest BCUT2D eigenvalue weighted by atomic mass is 9.93. The second kappa shape index (κ2) is 4.71. The molecule has 2 heterocycles. The Kier molecular flexibility index (Phi) is 2.80. The fourth-order valence-corrected chi connectivity index (χ4v) is 3.07. The van der Waals surface area contributed by atoms with Crippen LogP contribution in [0.2, 0.25) is 0 Å². The van der Waals surface area contributed by atoms with Gasteiger partial charge in [0.15, 0.2) is 5.66 Å². The van der Waals surface area contributed by atoms with Gasteiger partial charge in [-0.25, -0.2) is 14.9 Å². The molecule has 0 saturated heterocycles. The maximum atomic E-state index is 10.9. The number of hydrogen-bond acceptors (Lipinski definition) is 5. The van der Waals surface area contributed by atoms with Gasteiger partial charge in [0.05, 0.1) is 35.2 Å². The predicted octanol–water partition coefficient (Wildman–Crippen LogP) is 0.278. The molecule has 1 aromatic carbocycles. The molecule has 1 aliphatic carbocycles. The highest BCUT2D eigenvalue weighted by Gasteiger charge is 2.49. The molecule has 4 rings (SSSR count). The molecule has 3 aliphatic rings. The Balaban J connectivity index is 1.88. The van der Waals surface area contributed by atoms with Gasteiger partial charge < -0.3 is 5.11 Å². The Morgan fingerprint density at radius 1 is 1.32 bits per heavy atom. The highest BCUT2D eigenvalue weighted by Crippen LogP contribution is 2.36. The molecule has 22 heavy (non-hydrogen) atoms. The van der Waals surface area contributed by atoms with Gasteiger partial charge in [-0.1, -0.05) is 18.2 Å². The minimum atomic E-state index is -0.824. The number of aliphatic carboxylic acids is 1. The normalized spacial score (nSPS) is 25.1. The highest BCUT2D eigenvalue weighted by molar-refractivity contribution is 6.07. The Morgan fingerprint density at radius 2 is 2.14 bits per heavy atom. The first-order chi connectivity index (χ1) is 10.7. The van der Waals surface area contributed by atoms with Crippen molar-refractivity contribution in [3.8, 4) is 0 Å². The second-order valence-electron chi connectivity index (χ2n) is 5.39. The number of fused-ring (bicyclic) bond motifs is 1. The van der Waals surface area contributed by atoms with Gasteiger partial charge >= 0.3 is 5.97 Å². The molecule has 1 spiro atoms. The first-order valence-corrected chi connectivity index (χ1v) is 7.14. The summed E-state index contributed by atoms with van der Waals surface area (Å²) in [5, 5.41) is 10.6. The van der Waals surface area contributed by atoms with Crippen molar-refractivity contribution in [2.24, 2.45) is 15.0 Å². The summed E-state index contributed by atoms with van der Waals surface area (Å²) in [6.45, 7) is 0.820. The first-order valence-electron chi connectivity index (χ1n) is 7.14. The van der Waals surface area contributed by atoms with Crippen molar-refractivity contribution in [2.75, 3.05) is 13.2 Å². The molecule has 0 fully saturated rings. The molecule has 0 aromatic heterocycles. The van der Waals surface area contributed by atoms with Crippen molar-refractivity contribution in [3.63, 3.8) is 0 Å². The molecule has 2 aliphatic heterocycles. The smallest absolute Gasteiger partial charge is 0.304 e. The molecule has 0 bridgehead atoms. The molecule has 110 valence electrons. The largest absolute Gasteiger partial charge is 0.481 e. The molecule has 0 saturated carbocycles. The van der Waals surface area contributed by atoms with E-state index in [1.54, 1.807) is 0 Å². The average molecular weight is 294 g/mol. The summed E-state index contributed by atoms with van der Waals surface area (Å²) < 4.78 is 0. The minimum Gasteiger partial charge on any atom is -0.481 e. The van der Waals surface area contributed by atoms with Crippen molar-refractivity contribution >= 4 is 11.7 Å². The van der Waals surface area contributed by atoms with Crippen LogP contribution in [0.15, 0.2) is 63.2 Å². The van der Waals surface area contributed by atoms with Crippen LogP contribution >= 0.6 is 0 Å². The van der Waals surface area contributed by atoms with E-state index in [0.29, 0.717) is 13.2 Å². The molecule has 1 unspecified atom stereocenters. The Hall–Kier alpha value is -2.60. The van der Waals surface area contributed by atoms with Gasteiger partial charge in [-0.05, 0) is 24.3 Å². The van der Waals surface area contributed by atoms with E-state index in [2.05, 4.69) is 4.99 Å². The van der Waals surface area contributed by atoms with E-state index in [4.69, 9.17) is 15.1 Å². The Labute approximate surface area is 126 Å². The Morgan fingerprint density at radius 3 is 2.95 bits per heavy atom. The summed E-state index contributed by atoms with van der Waals surface area (Å²) in [4.78, 5) is 27.1. The summed E-state index contributed by atoms with van der Waals surface area (Å²) in [7, 11) is 0. The highest BCUT2D eigenvalue weighted by atomic mass is 16.4. The first kappa shape index (κ1) is 13.1. The van der Waals surface area contributed by atoms with Crippen molar-refractivity contribution in [2.45, 2.75) is 12.1 Å². The van der Waals surface area contributed by atoms with Gasteiger partial charge in [0.25, 0.3) is 0 Å². The second-order valence-corrected chi connectivity index (χ2v) is 5.39. The number of carboxylic acids is 1. The summed E-state index contributed by atoms with van der Waals surface area (Å²) in [6, 6.07) is 7.71. The third kappa shape index (κ3) is 1.77. The quantitative estimate of drug-likeness (QED) is 0.869. The van der Waals surface area contributed by atoms with Gasteiger partial charge in [-0.2, -0.15) is 0 Å². The average Bonchev–Trinajstić information content (AvgIpc) is 2.87. The topological polar surface area (TPSA) is 77.6 Å². The zero-order valence-electron chi connectivity index (χ0n) is 11.8. The van der Waals surface area contributed by atoms with Crippen LogP contribution in [0.4, 0.5) is 0 Å². The lowest BCUT2D eigenvalue weighted by Crippen LogP contribution is -2.55. The third-order valence-corrected chi connectivity index (χ3v) is 4.09. The zero-order valence-corrected chi connectivity index (χ0v) is 11.8. The number of para-hydroxylation sites is 2. The lowest BCUT2D eigenvalue weighted by molar-refractivity contribution is -0.137. The number of carbonyl (C=O) groups is 1. The van der Waals surface area contributed by atoms with Gasteiger partial charge in [-0.15, -0.1) is 0 Å². The van der Waals surface area contributed by atoms with Crippen molar-refractivity contribution in [3.05, 3.63) is 58.9 Å². The molecule has 1 atom stereocenters. The van der Waals surface area contributed by atoms with Crippen molar-refractivity contribution in [1.29, 1.82) is 0 Å². The summed E-state index contributed by atoms with van der Waals surface area (Å²) >= 11 is 0. The molecule has 0 radical (unpaired) electrons. The van der Waals surface area contributed by atoms with Crippen LogP contribution in [0.25, 0.3) is 0 Å². The number of nitrogens with zero attached hydrogens (tertiary/aromatic N) is 4. The predicted molar refractivity (Wildman–Crippen MR) is 80.0 cm³/mol. The van der Waals surface area contributed by atoms with Crippen molar-refractivity contribution in [1.82, 2.24) is 4.90 Å². The summed E-state index contributed by atoms with van der Waals surface area (Å²) in [5.74, 6) is -0.824. The van der Waals surface area contributed by atoms with Crippen molar-refractivity contribution < 1.29 is 9.90 Å². The zero-order chi connectivity index (χ0) is 15.2. The standard InChI is InChI=1S/C16H14N4O2/c21-15(22)8-9-20-10-17-13-6-3-7-14-16(13,20)19-12-5-2-1-4-11(12)18-14/h1-7H,8-10H2,(H,21,22). The summed E-state index contributed by atoms with van der Waals surface area (Å²) in [5.41, 5.74) is 0.863. The van der Waals surface area contributed by atoms with Crippen LogP contribution < -0.4 is 10.7 Å². The van der Waals surface area contributed by atoms with E-state index in [1.165, 1.54) is 0 Å². The number of allylic oxidation sites excluding steroid dienone is 2.